The Balaban J connectivity index is 1.95. The number of para-hydroxylation sites is 1. The van der Waals surface area contributed by atoms with Crippen LogP contribution in [-0.2, 0) is 0 Å². The largest absolute Gasteiger partial charge is 0.456 e. The summed E-state index contributed by atoms with van der Waals surface area (Å²) in [6.45, 7) is 0. The number of anilines is 1. The summed E-state index contributed by atoms with van der Waals surface area (Å²) in [5.41, 5.74) is 7.43. The van der Waals surface area contributed by atoms with Crippen molar-refractivity contribution in [1.29, 1.82) is 5.26 Å². The zero-order valence-electron chi connectivity index (χ0n) is 10.6. The third-order valence-corrected chi connectivity index (χ3v) is 2.95. The van der Waals surface area contributed by atoms with Crippen molar-refractivity contribution in [2.24, 2.45) is 0 Å². The number of nitriles is 1. The van der Waals surface area contributed by atoms with E-state index < -0.39 is 0 Å². The lowest BCUT2D eigenvalue weighted by Gasteiger charge is -2.07. The molecule has 0 spiro atoms. The smallest absolute Gasteiger partial charge is 0.146 e. The van der Waals surface area contributed by atoms with Crippen LogP contribution >= 0.6 is 0 Å². The Labute approximate surface area is 116 Å². The highest BCUT2D eigenvalue weighted by molar-refractivity contribution is 5.79. The van der Waals surface area contributed by atoms with Gasteiger partial charge in [0, 0.05) is 17.1 Å². The molecule has 3 aromatic rings. The average molecular weight is 261 g/mol. The maximum atomic E-state index is 8.95. The number of benzene rings is 2. The van der Waals surface area contributed by atoms with E-state index in [0.29, 0.717) is 22.7 Å². The van der Waals surface area contributed by atoms with Crippen molar-refractivity contribution in [1.82, 2.24) is 4.98 Å². The molecule has 0 fully saturated rings. The number of aromatic nitrogens is 1. The first-order valence-corrected chi connectivity index (χ1v) is 6.08. The molecule has 0 aliphatic heterocycles. The summed E-state index contributed by atoms with van der Waals surface area (Å²) in [7, 11) is 0. The van der Waals surface area contributed by atoms with E-state index in [2.05, 4.69) is 4.98 Å². The topological polar surface area (TPSA) is 71.9 Å². The van der Waals surface area contributed by atoms with Crippen LogP contribution in [0.3, 0.4) is 0 Å². The Hall–Kier alpha value is -3.06. The van der Waals surface area contributed by atoms with Crippen LogP contribution < -0.4 is 10.5 Å². The summed E-state index contributed by atoms with van der Waals surface area (Å²) in [4.78, 5) is 4.32. The lowest BCUT2D eigenvalue weighted by atomic mass is 10.2. The molecule has 0 aliphatic carbocycles. The van der Waals surface area contributed by atoms with Gasteiger partial charge < -0.3 is 10.5 Å². The molecule has 4 nitrogen and oxygen atoms in total. The fraction of sp³-hybridized carbons (Fsp3) is 0. The number of hydrogen-bond donors (Lipinski definition) is 1. The predicted molar refractivity (Wildman–Crippen MR) is 77.4 cm³/mol. The number of fused-ring (bicyclic) bond motifs is 1. The normalized spacial score (nSPS) is 10.2. The number of pyridine rings is 1. The molecule has 0 unspecified atom stereocenters. The summed E-state index contributed by atoms with van der Waals surface area (Å²) in [6.07, 6.45) is 1.66. The maximum absolute atomic E-state index is 8.95. The van der Waals surface area contributed by atoms with E-state index in [1.54, 1.807) is 24.4 Å². The molecule has 0 aliphatic rings. The molecule has 4 heteroatoms. The molecular weight excluding hydrogens is 250 g/mol. The maximum Gasteiger partial charge on any atom is 0.146 e. The average Bonchev–Trinajstić information content (AvgIpc) is 2.49. The number of ether oxygens (including phenoxy) is 1. The van der Waals surface area contributed by atoms with Crippen LogP contribution in [0.5, 0.6) is 11.5 Å². The molecule has 0 saturated heterocycles. The van der Waals surface area contributed by atoms with Gasteiger partial charge in [-0.15, -0.1) is 0 Å². The molecule has 0 bridgehead atoms. The zero-order chi connectivity index (χ0) is 13.9. The summed E-state index contributed by atoms with van der Waals surface area (Å²) < 4.78 is 5.71. The van der Waals surface area contributed by atoms with Gasteiger partial charge in [0.25, 0.3) is 0 Å². The first kappa shape index (κ1) is 12.0. The van der Waals surface area contributed by atoms with E-state index in [0.717, 1.165) is 10.9 Å². The molecule has 0 radical (unpaired) electrons. The second kappa shape index (κ2) is 4.90. The summed E-state index contributed by atoms with van der Waals surface area (Å²) in [6, 6.07) is 16.7. The fourth-order valence-corrected chi connectivity index (χ4v) is 1.94. The van der Waals surface area contributed by atoms with Crippen LogP contribution in [0.2, 0.25) is 0 Å². The Morgan fingerprint density at radius 1 is 1.05 bits per heavy atom. The van der Waals surface area contributed by atoms with Crippen LogP contribution in [0, 0.1) is 11.3 Å². The first-order chi connectivity index (χ1) is 9.76. The highest BCUT2D eigenvalue weighted by Crippen LogP contribution is 2.26. The monoisotopic (exact) mass is 261 g/mol. The molecule has 20 heavy (non-hydrogen) atoms. The van der Waals surface area contributed by atoms with Crippen molar-refractivity contribution in [3.63, 3.8) is 0 Å². The molecule has 96 valence electrons. The number of hydrogen-bond acceptors (Lipinski definition) is 4. The van der Waals surface area contributed by atoms with Gasteiger partial charge in [-0.1, -0.05) is 18.2 Å². The predicted octanol–water partition coefficient (Wildman–Crippen LogP) is 3.48. The van der Waals surface area contributed by atoms with E-state index in [9.17, 15) is 0 Å². The van der Waals surface area contributed by atoms with Gasteiger partial charge in [0.05, 0.1) is 17.3 Å². The Kier molecular flexibility index (Phi) is 2.94. The third-order valence-electron chi connectivity index (χ3n) is 2.95. The highest BCUT2D eigenvalue weighted by atomic mass is 16.5. The van der Waals surface area contributed by atoms with E-state index in [4.69, 9.17) is 15.7 Å². The van der Waals surface area contributed by atoms with E-state index in [1.165, 1.54) is 0 Å². The van der Waals surface area contributed by atoms with Crippen molar-refractivity contribution in [3.8, 4) is 17.6 Å². The Morgan fingerprint density at radius 3 is 2.75 bits per heavy atom. The van der Waals surface area contributed by atoms with Crippen molar-refractivity contribution in [2.75, 3.05) is 5.73 Å². The summed E-state index contributed by atoms with van der Waals surface area (Å²) in [5, 5.41) is 9.95. The van der Waals surface area contributed by atoms with Crippen LogP contribution in [0.1, 0.15) is 5.56 Å². The number of rotatable bonds is 2. The van der Waals surface area contributed by atoms with Gasteiger partial charge in [0.2, 0.25) is 0 Å². The zero-order valence-corrected chi connectivity index (χ0v) is 10.6. The highest BCUT2D eigenvalue weighted by Gasteiger charge is 2.04. The van der Waals surface area contributed by atoms with Gasteiger partial charge >= 0.3 is 0 Å². The van der Waals surface area contributed by atoms with Gasteiger partial charge in [0.1, 0.15) is 17.6 Å². The van der Waals surface area contributed by atoms with Gasteiger partial charge in [-0.05, 0) is 24.3 Å². The number of nitrogens with two attached hydrogens (primary N) is 1. The molecule has 0 saturated carbocycles. The quantitative estimate of drug-likeness (QED) is 0.717. The Morgan fingerprint density at radius 2 is 1.90 bits per heavy atom. The van der Waals surface area contributed by atoms with Crippen molar-refractivity contribution >= 4 is 16.6 Å². The standard InChI is InChI=1S/C16H11N3O/c17-9-12-8-13(5-6-15(12)18)20-14-7-11-3-1-2-4-16(11)19-10-14/h1-8,10H,18H2. The summed E-state index contributed by atoms with van der Waals surface area (Å²) >= 11 is 0. The molecule has 1 aromatic heterocycles. The molecule has 0 atom stereocenters. The van der Waals surface area contributed by atoms with Crippen LogP contribution in [-0.4, -0.2) is 4.98 Å². The van der Waals surface area contributed by atoms with Crippen molar-refractivity contribution in [2.45, 2.75) is 0 Å². The fourth-order valence-electron chi connectivity index (χ4n) is 1.94. The van der Waals surface area contributed by atoms with Crippen LogP contribution in [0.25, 0.3) is 10.9 Å². The van der Waals surface area contributed by atoms with Gasteiger partial charge in [-0.3, -0.25) is 4.98 Å². The van der Waals surface area contributed by atoms with Crippen LogP contribution in [0.15, 0.2) is 54.7 Å². The lowest BCUT2D eigenvalue weighted by Crippen LogP contribution is -1.92. The minimum atomic E-state index is 0.399. The molecule has 2 aromatic carbocycles. The minimum absolute atomic E-state index is 0.399. The number of nitrogens with zero attached hydrogens (tertiary/aromatic N) is 2. The van der Waals surface area contributed by atoms with Gasteiger partial charge in [-0.25, -0.2) is 0 Å². The number of nitrogen functional groups attached to an aromatic ring is 1. The summed E-state index contributed by atoms with van der Waals surface area (Å²) in [5.74, 6) is 1.19. The van der Waals surface area contributed by atoms with Crippen molar-refractivity contribution in [3.05, 3.63) is 60.3 Å². The molecule has 1 heterocycles. The second-order valence-corrected chi connectivity index (χ2v) is 4.33. The molecule has 2 N–H and O–H groups in total. The van der Waals surface area contributed by atoms with Gasteiger partial charge in [0.15, 0.2) is 0 Å². The molecule has 0 amide bonds. The second-order valence-electron chi connectivity index (χ2n) is 4.33. The minimum Gasteiger partial charge on any atom is -0.456 e. The first-order valence-electron chi connectivity index (χ1n) is 6.08. The SMILES string of the molecule is N#Cc1cc(Oc2cnc3ccccc3c2)ccc1N. The molecule has 3 rings (SSSR count). The third kappa shape index (κ3) is 2.25. The van der Waals surface area contributed by atoms with E-state index in [1.807, 2.05) is 36.4 Å². The van der Waals surface area contributed by atoms with E-state index >= 15 is 0 Å². The van der Waals surface area contributed by atoms with Crippen molar-refractivity contribution < 1.29 is 4.74 Å². The van der Waals surface area contributed by atoms with Crippen LogP contribution in [0.4, 0.5) is 5.69 Å². The molecular formula is C16H11N3O. The Bertz CT molecular complexity index is 821. The van der Waals surface area contributed by atoms with E-state index in [-0.39, 0.29) is 0 Å². The lowest BCUT2D eigenvalue weighted by molar-refractivity contribution is 0.481. The van der Waals surface area contributed by atoms with Gasteiger partial charge in [-0.2, -0.15) is 5.26 Å².